The van der Waals surface area contributed by atoms with Crippen LogP contribution in [0.2, 0.25) is 15.1 Å². The summed E-state index contributed by atoms with van der Waals surface area (Å²) >= 11 is 19.9. The van der Waals surface area contributed by atoms with Gasteiger partial charge in [-0.1, -0.05) is 77.1 Å². The van der Waals surface area contributed by atoms with Crippen LogP contribution in [-0.2, 0) is 10.4 Å². The Balaban J connectivity index is 1.20. The van der Waals surface area contributed by atoms with Gasteiger partial charge in [0.1, 0.15) is 24.7 Å². The van der Waals surface area contributed by atoms with Crippen molar-refractivity contribution in [2.75, 3.05) is 13.2 Å². The fourth-order valence-corrected chi connectivity index (χ4v) is 7.21. The highest BCUT2D eigenvalue weighted by Crippen LogP contribution is 2.50. The number of benzene rings is 3. The maximum absolute atomic E-state index is 11.6. The van der Waals surface area contributed by atoms with Crippen molar-refractivity contribution >= 4 is 46.5 Å². The van der Waals surface area contributed by atoms with E-state index in [4.69, 9.17) is 44.4 Å². The van der Waals surface area contributed by atoms with E-state index in [0.29, 0.717) is 69.6 Å². The van der Waals surface area contributed by atoms with Crippen LogP contribution in [-0.4, -0.2) is 35.1 Å². The zero-order valence-electron chi connectivity index (χ0n) is 22.3. The summed E-state index contributed by atoms with van der Waals surface area (Å²) in [5.74, 6) is 0.219. The Hall–Kier alpha value is -2.77. The largest absolute Gasteiger partial charge is 0.492 e. The first kappa shape index (κ1) is 28.4. The summed E-state index contributed by atoms with van der Waals surface area (Å²) in [6, 6.07) is 17.7. The van der Waals surface area contributed by atoms with Gasteiger partial charge in [0.15, 0.2) is 0 Å². The van der Waals surface area contributed by atoms with E-state index < -0.39 is 17.0 Å². The highest BCUT2D eigenvalue weighted by atomic mass is 35.5. The standard InChI is InChI=1S/C32H30Cl3NO5/c33-25-5-2-6-26(34)28(25)29-31(18-41-36-29,15-19-7-8-19)17-40-23-9-10-24(27(35)14-23)32(39)12-11-22(16-32)20-3-1-4-21(13-20)30(37)38/h1-6,9-10,13-14,19,22,39H,7-8,11-12,15-18H2,(H,37,38). The van der Waals surface area contributed by atoms with Crippen molar-refractivity contribution < 1.29 is 24.6 Å². The highest BCUT2D eigenvalue weighted by Gasteiger charge is 2.48. The molecular weight excluding hydrogens is 585 g/mol. The molecule has 41 heavy (non-hydrogen) atoms. The third kappa shape index (κ3) is 5.68. The first-order chi connectivity index (χ1) is 19.7. The second-order valence-electron chi connectivity index (χ2n) is 11.6. The number of oxime groups is 1. The molecule has 9 heteroatoms. The van der Waals surface area contributed by atoms with Gasteiger partial charge in [0.2, 0.25) is 0 Å². The number of aromatic carboxylic acids is 1. The van der Waals surface area contributed by atoms with Crippen LogP contribution in [0.25, 0.3) is 0 Å². The van der Waals surface area contributed by atoms with Crippen molar-refractivity contribution in [3.63, 3.8) is 0 Å². The summed E-state index contributed by atoms with van der Waals surface area (Å²) in [6.07, 6.45) is 4.87. The lowest BCUT2D eigenvalue weighted by atomic mass is 9.77. The molecule has 3 aromatic carbocycles. The fourth-order valence-electron chi connectivity index (χ4n) is 6.28. The molecule has 0 spiro atoms. The Morgan fingerprint density at radius 3 is 2.46 bits per heavy atom. The molecule has 3 unspecified atom stereocenters. The lowest BCUT2D eigenvalue weighted by Crippen LogP contribution is -2.39. The van der Waals surface area contributed by atoms with Crippen molar-refractivity contribution in [3.8, 4) is 5.75 Å². The smallest absolute Gasteiger partial charge is 0.335 e. The Bertz CT molecular complexity index is 1500. The molecule has 6 rings (SSSR count). The summed E-state index contributed by atoms with van der Waals surface area (Å²) in [5.41, 5.74) is 1.56. The minimum absolute atomic E-state index is 0.0327. The molecule has 0 amide bonds. The molecule has 0 radical (unpaired) electrons. The van der Waals surface area contributed by atoms with Gasteiger partial charge in [0.05, 0.1) is 31.6 Å². The van der Waals surface area contributed by atoms with Gasteiger partial charge in [-0.15, -0.1) is 0 Å². The lowest BCUT2D eigenvalue weighted by molar-refractivity contribution is 0.0428. The molecule has 2 aliphatic carbocycles. The average molecular weight is 615 g/mol. The van der Waals surface area contributed by atoms with Crippen molar-refractivity contribution in [1.29, 1.82) is 0 Å². The molecule has 0 aromatic heterocycles. The monoisotopic (exact) mass is 613 g/mol. The maximum Gasteiger partial charge on any atom is 0.335 e. The number of carboxylic acid groups (broad SMARTS) is 1. The van der Waals surface area contributed by atoms with Crippen LogP contribution < -0.4 is 4.74 Å². The molecule has 3 aliphatic rings. The number of rotatable bonds is 9. The first-order valence-electron chi connectivity index (χ1n) is 13.8. The van der Waals surface area contributed by atoms with E-state index in [-0.39, 0.29) is 11.5 Å². The topological polar surface area (TPSA) is 88.4 Å². The molecule has 2 saturated carbocycles. The Morgan fingerprint density at radius 2 is 1.76 bits per heavy atom. The number of aliphatic hydroxyl groups is 1. The molecule has 0 saturated heterocycles. The van der Waals surface area contributed by atoms with Crippen LogP contribution in [0.1, 0.15) is 71.5 Å². The molecule has 3 aromatic rings. The van der Waals surface area contributed by atoms with Gasteiger partial charge in [-0.2, -0.15) is 0 Å². The van der Waals surface area contributed by atoms with Crippen LogP contribution in [0.5, 0.6) is 5.75 Å². The zero-order valence-corrected chi connectivity index (χ0v) is 24.6. The fraction of sp³-hybridized carbons (Fsp3) is 0.375. The van der Waals surface area contributed by atoms with Gasteiger partial charge in [-0.25, -0.2) is 4.79 Å². The molecule has 0 bridgehead atoms. The minimum atomic E-state index is -1.12. The number of carboxylic acids is 1. The minimum Gasteiger partial charge on any atom is -0.492 e. The number of hydrogen-bond acceptors (Lipinski definition) is 5. The van der Waals surface area contributed by atoms with Crippen molar-refractivity contribution in [2.24, 2.45) is 16.5 Å². The molecule has 3 atom stereocenters. The molecule has 2 fully saturated rings. The van der Waals surface area contributed by atoms with E-state index in [1.54, 1.807) is 42.5 Å². The molecule has 1 heterocycles. The summed E-state index contributed by atoms with van der Waals surface area (Å²) in [7, 11) is 0. The van der Waals surface area contributed by atoms with E-state index in [0.717, 1.165) is 31.2 Å². The summed E-state index contributed by atoms with van der Waals surface area (Å²) < 4.78 is 6.34. The molecule has 1 aliphatic heterocycles. The van der Waals surface area contributed by atoms with Gasteiger partial charge in [0.25, 0.3) is 0 Å². The van der Waals surface area contributed by atoms with Crippen LogP contribution in [0.4, 0.5) is 0 Å². The zero-order chi connectivity index (χ0) is 28.8. The Kier molecular flexibility index (Phi) is 7.70. The maximum atomic E-state index is 11.6. The molecule has 2 N–H and O–H groups in total. The molecule has 6 nitrogen and oxygen atoms in total. The van der Waals surface area contributed by atoms with Crippen molar-refractivity contribution in [1.82, 2.24) is 0 Å². The van der Waals surface area contributed by atoms with E-state index in [2.05, 4.69) is 5.16 Å². The van der Waals surface area contributed by atoms with Gasteiger partial charge in [-0.3, -0.25) is 0 Å². The highest BCUT2D eigenvalue weighted by molar-refractivity contribution is 6.40. The van der Waals surface area contributed by atoms with Crippen LogP contribution in [0.3, 0.4) is 0 Å². The second kappa shape index (κ2) is 11.1. The second-order valence-corrected chi connectivity index (χ2v) is 12.8. The van der Waals surface area contributed by atoms with Gasteiger partial charge in [0, 0.05) is 11.1 Å². The third-order valence-electron chi connectivity index (χ3n) is 8.63. The van der Waals surface area contributed by atoms with Crippen molar-refractivity contribution in [2.45, 2.75) is 50.0 Å². The van der Waals surface area contributed by atoms with E-state index in [1.165, 1.54) is 0 Å². The first-order valence-corrected chi connectivity index (χ1v) is 14.9. The number of nitrogens with zero attached hydrogens (tertiary/aromatic N) is 1. The van der Waals surface area contributed by atoms with Crippen LogP contribution >= 0.6 is 34.8 Å². The SMILES string of the molecule is O=C(O)c1cccc(C2CCC(O)(c3ccc(OCC4(CC5CC5)CON=C4c4c(Cl)cccc4Cl)cc3Cl)C2)c1. The van der Waals surface area contributed by atoms with Gasteiger partial charge < -0.3 is 19.8 Å². The average Bonchev–Trinajstić information content (AvgIpc) is 3.53. The predicted molar refractivity (Wildman–Crippen MR) is 160 cm³/mol. The van der Waals surface area contributed by atoms with E-state index in [1.807, 2.05) is 18.2 Å². The Morgan fingerprint density at radius 1 is 1.00 bits per heavy atom. The van der Waals surface area contributed by atoms with Crippen molar-refractivity contribution in [3.05, 3.63) is 98.0 Å². The number of hydrogen-bond donors (Lipinski definition) is 2. The van der Waals surface area contributed by atoms with E-state index >= 15 is 0 Å². The molecule has 214 valence electrons. The van der Waals surface area contributed by atoms with E-state index in [9.17, 15) is 15.0 Å². The summed E-state index contributed by atoms with van der Waals surface area (Å²) in [4.78, 5) is 17.1. The third-order valence-corrected chi connectivity index (χ3v) is 9.57. The van der Waals surface area contributed by atoms with Crippen LogP contribution in [0.15, 0.2) is 65.8 Å². The lowest BCUT2D eigenvalue weighted by Gasteiger charge is -2.30. The number of carbonyl (C=O) groups is 1. The normalized spacial score (nSPS) is 25.6. The molecular formula is C32H30Cl3NO5. The summed E-state index contributed by atoms with van der Waals surface area (Å²) in [5, 5.41) is 26.8. The van der Waals surface area contributed by atoms with Crippen LogP contribution in [0, 0.1) is 11.3 Å². The quantitative estimate of drug-likeness (QED) is 0.254. The number of ether oxygens (including phenoxy) is 1. The Labute approximate surface area is 253 Å². The predicted octanol–water partition coefficient (Wildman–Crippen LogP) is 8.10. The van der Waals surface area contributed by atoms with Gasteiger partial charge in [-0.05, 0) is 79.5 Å². The van der Waals surface area contributed by atoms with Gasteiger partial charge >= 0.3 is 5.97 Å². The number of halogens is 3. The summed E-state index contributed by atoms with van der Waals surface area (Å²) in [6.45, 7) is 0.683.